The molecule has 94 valence electrons. The summed E-state index contributed by atoms with van der Waals surface area (Å²) in [6.45, 7) is 7.43. The van der Waals surface area contributed by atoms with Crippen molar-refractivity contribution in [2.45, 2.75) is 20.4 Å². The molecule has 1 heterocycles. The van der Waals surface area contributed by atoms with Crippen LogP contribution in [0.25, 0.3) is 0 Å². The van der Waals surface area contributed by atoms with Crippen molar-refractivity contribution < 1.29 is 4.39 Å². The fourth-order valence-corrected chi connectivity index (χ4v) is 2.52. The topological polar surface area (TPSA) is 15.3 Å². The smallest absolute Gasteiger partial charge is 0.123 e. The summed E-state index contributed by atoms with van der Waals surface area (Å²) in [4.78, 5) is 2.38. The Morgan fingerprint density at radius 1 is 1.29 bits per heavy atom. The fraction of sp³-hybridized carbons (Fsp3) is 0.571. The first-order valence-corrected chi connectivity index (χ1v) is 6.29. The van der Waals surface area contributed by atoms with Gasteiger partial charge in [0.2, 0.25) is 0 Å². The van der Waals surface area contributed by atoms with Crippen LogP contribution in [0.3, 0.4) is 0 Å². The molecule has 0 bridgehead atoms. The van der Waals surface area contributed by atoms with Crippen LogP contribution in [0.15, 0.2) is 18.2 Å². The Labute approximate surface area is 103 Å². The average molecular weight is 236 g/mol. The lowest BCUT2D eigenvalue weighted by atomic mass is 10.0. The van der Waals surface area contributed by atoms with E-state index in [1.807, 2.05) is 13.1 Å². The van der Waals surface area contributed by atoms with Gasteiger partial charge in [-0.05, 0) is 42.6 Å². The Balaban J connectivity index is 2.25. The number of rotatable bonds is 3. The van der Waals surface area contributed by atoms with Gasteiger partial charge in [0, 0.05) is 25.3 Å². The molecule has 0 aromatic heterocycles. The Morgan fingerprint density at radius 3 is 2.53 bits per heavy atom. The second-order valence-corrected chi connectivity index (χ2v) is 5.16. The molecule has 2 rings (SSSR count). The highest BCUT2D eigenvalue weighted by atomic mass is 19.1. The Morgan fingerprint density at radius 2 is 1.94 bits per heavy atom. The third kappa shape index (κ3) is 2.60. The van der Waals surface area contributed by atoms with Crippen molar-refractivity contribution in [3.8, 4) is 0 Å². The zero-order chi connectivity index (χ0) is 12.4. The van der Waals surface area contributed by atoms with Crippen LogP contribution in [-0.4, -0.2) is 20.1 Å². The normalized spacial score (nSPS) is 24.4. The van der Waals surface area contributed by atoms with E-state index in [0.717, 1.165) is 18.7 Å². The number of nitrogens with zero attached hydrogens (tertiary/aromatic N) is 1. The van der Waals surface area contributed by atoms with E-state index < -0.39 is 0 Å². The number of nitrogens with one attached hydrogen (secondary N) is 1. The third-order valence-electron chi connectivity index (χ3n) is 3.74. The van der Waals surface area contributed by atoms with Gasteiger partial charge in [0.25, 0.3) is 0 Å². The van der Waals surface area contributed by atoms with Crippen LogP contribution in [0.5, 0.6) is 0 Å². The van der Waals surface area contributed by atoms with Crippen LogP contribution in [0, 0.1) is 17.7 Å². The van der Waals surface area contributed by atoms with Gasteiger partial charge in [-0.25, -0.2) is 4.39 Å². The molecule has 1 aliphatic heterocycles. The van der Waals surface area contributed by atoms with Crippen molar-refractivity contribution in [1.29, 1.82) is 0 Å². The van der Waals surface area contributed by atoms with Gasteiger partial charge < -0.3 is 10.2 Å². The van der Waals surface area contributed by atoms with Crippen molar-refractivity contribution in [3.05, 3.63) is 29.6 Å². The van der Waals surface area contributed by atoms with Crippen molar-refractivity contribution in [2.24, 2.45) is 11.8 Å². The molecule has 0 radical (unpaired) electrons. The van der Waals surface area contributed by atoms with Gasteiger partial charge in [0.05, 0.1) is 0 Å². The maximum absolute atomic E-state index is 13.3. The van der Waals surface area contributed by atoms with Crippen LogP contribution >= 0.6 is 0 Å². The quantitative estimate of drug-likeness (QED) is 0.868. The van der Waals surface area contributed by atoms with Gasteiger partial charge >= 0.3 is 0 Å². The van der Waals surface area contributed by atoms with E-state index in [4.69, 9.17) is 0 Å². The van der Waals surface area contributed by atoms with Gasteiger partial charge in [-0.15, -0.1) is 0 Å². The monoisotopic (exact) mass is 236 g/mol. The van der Waals surface area contributed by atoms with E-state index >= 15 is 0 Å². The third-order valence-corrected chi connectivity index (χ3v) is 3.74. The number of halogens is 1. The van der Waals surface area contributed by atoms with Gasteiger partial charge in [0.1, 0.15) is 5.82 Å². The molecule has 1 aromatic carbocycles. The number of hydrogen-bond acceptors (Lipinski definition) is 2. The summed E-state index contributed by atoms with van der Waals surface area (Å²) in [5, 5.41) is 3.10. The Bertz CT molecular complexity index is 382. The molecule has 0 spiro atoms. The molecule has 1 fully saturated rings. The molecule has 1 aromatic rings. The fourth-order valence-electron chi connectivity index (χ4n) is 2.52. The summed E-state index contributed by atoms with van der Waals surface area (Å²) in [7, 11) is 1.89. The SMILES string of the molecule is CNCc1cc(F)ccc1N1CC(C)C(C)C1. The van der Waals surface area contributed by atoms with Crippen LogP contribution in [0.4, 0.5) is 10.1 Å². The minimum Gasteiger partial charge on any atom is -0.371 e. The number of anilines is 1. The van der Waals surface area contributed by atoms with Crippen molar-refractivity contribution in [2.75, 3.05) is 25.0 Å². The predicted molar refractivity (Wildman–Crippen MR) is 69.7 cm³/mol. The van der Waals surface area contributed by atoms with Gasteiger partial charge in [-0.1, -0.05) is 13.8 Å². The minimum atomic E-state index is -0.153. The molecule has 17 heavy (non-hydrogen) atoms. The summed E-state index contributed by atoms with van der Waals surface area (Å²) >= 11 is 0. The number of hydrogen-bond donors (Lipinski definition) is 1. The van der Waals surface area contributed by atoms with E-state index in [2.05, 4.69) is 24.1 Å². The zero-order valence-corrected chi connectivity index (χ0v) is 10.8. The summed E-state index contributed by atoms with van der Waals surface area (Å²) in [6, 6.07) is 5.11. The lowest BCUT2D eigenvalue weighted by Crippen LogP contribution is -2.22. The standard InChI is InChI=1S/C14H21FN2/c1-10-8-17(9-11(10)2)14-5-4-13(15)6-12(14)7-16-3/h4-6,10-11,16H,7-9H2,1-3H3. The summed E-state index contributed by atoms with van der Waals surface area (Å²) in [5.74, 6) is 1.27. The molecule has 0 amide bonds. The highest BCUT2D eigenvalue weighted by Crippen LogP contribution is 2.30. The summed E-state index contributed by atoms with van der Waals surface area (Å²) in [5.41, 5.74) is 2.23. The van der Waals surface area contributed by atoms with Crippen LogP contribution < -0.4 is 10.2 Å². The predicted octanol–water partition coefficient (Wildman–Crippen LogP) is 2.64. The lowest BCUT2D eigenvalue weighted by Gasteiger charge is -2.22. The van der Waals surface area contributed by atoms with E-state index in [0.29, 0.717) is 18.4 Å². The molecule has 1 saturated heterocycles. The second-order valence-electron chi connectivity index (χ2n) is 5.16. The van der Waals surface area contributed by atoms with Crippen LogP contribution in [0.2, 0.25) is 0 Å². The van der Waals surface area contributed by atoms with Crippen molar-refractivity contribution >= 4 is 5.69 Å². The largest absolute Gasteiger partial charge is 0.371 e. The molecule has 2 nitrogen and oxygen atoms in total. The lowest BCUT2D eigenvalue weighted by molar-refractivity contribution is 0.494. The van der Waals surface area contributed by atoms with E-state index in [-0.39, 0.29) is 5.82 Å². The molecule has 0 saturated carbocycles. The Kier molecular flexibility index (Phi) is 3.67. The first kappa shape index (κ1) is 12.4. The van der Waals surface area contributed by atoms with Crippen molar-refractivity contribution in [3.63, 3.8) is 0 Å². The highest BCUT2D eigenvalue weighted by Gasteiger charge is 2.27. The van der Waals surface area contributed by atoms with Crippen LogP contribution in [-0.2, 0) is 6.54 Å². The molecule has 1 N–H and O–H groups in total. The first-order chi connectivity index (χ1) is 8.11. The maximum atomic E-state index is 13.3. The maximum Gasteiger partial charge on any atom is 0.123 e. The minimum absolute atomic E-state index is 0.153. The molecule has 2 atom stereocenters. The summed E-state index contributed by atoms with van der Waals surface area (Å²) in [6.07, 6.45) is 0. The summed E-state index contributed by atoms with van der Waals surface area (Å²) < 4.78 is 13.3. The Hall–Kier alpha value is -1.09. The van der Waals surface area contributed by atoms with Crippen molar-refractivity contribution in [1.82, 2.24) is 5.32 Å². The average Bonchev–Trinajstić information content (AvgIpc) is 2.60. The highest BCUT2D eigenvalue weighted by molar-refractivity contribution is 5.54. The molecule has 2 unspecified atom stereocenters. The molecule has 3 heteroatoms. The zero-order valence-electron chi connectivity index (χ0n) is 10.8. The molecule has 1 aliphatic rings. The first-order valence-electron chi connectivity index (χ1n) is 6.29. The molecular weight excluding hydrogens is 215 g/mol. The van der Waals surface area contributed by atoms with Gasteiger partial charge in [-0.2, -0.15) is 0 Å². The van der Waals surface area contributed by atoms with E-state index in [1.54, 1.807) is 12.1 Å². The van der Waals surface area contributed by atoms with Gasteiger partial charge in [-0.3, -0.25) is 0 Å². The second kappa shape index (κ2) is 5.05. The van der Waals surface area contributed by atoms with E-state index in [9.17, 15) is 4.39 Å². The molecule has 0 aliphatic carbocycles. The van der Waals surface area contributed by atoms with Gasteiger partial charge in [0.15, 0.2) is 0 Å². The number of benzene rings is 1. The molecular formula is C14H21FN2. The van der Waals surface area contributed by atoms with E-state index in [1.165, 1.54) is 5.69 Å². The van der Waals surface area contributed by atoms with Crippen LogP contribution in [0.1, 0.15) is 19.4 Å².